The fourth-order valence-electron chi connectivity index (χ4n) is 2.22. The van der Waals surface area contributed by atoms with E-state index in [0.717, 1.165) is 11.1 Å². The number of hydrogen-bond donors (Lipinski definition) is 0. The topological polar surface area (TPSA) is 29.6 Å². The molecule has 1 heterocycles. The van der Waals surface area contributed by atoms with Crippen LogP contribution in [-0.2, 0) is 4.74 Å². The Kier molecular flexibility index (Phi) is 2.91. The maximum Gasteiger partial charge on any atom is 0.194 e. The molecule has 0 bridgehead atoms. The highest BCUT2D eigenvalue weighted by Gasteiger charge is 2.46. The van der Waals surface area contributed by atoms with Crippen molar-refractivity contribution in [2.75, 3.05) is 0 Å². The van der Waals surface area contributed by atoms with Crippen molar-refractivity contribution >= 4 is 5.78 Å². The summed E-state index contributed by atoms with van der Waals surface area (Å²) in [6.07, 6.45) is -0.681. The van der Waals surface area contributed by atoms with Crippen molar-refractivity contribution in [3.8, 4) is 0 Å². The first kappa shape index (κ1) is 12.1. The number of ether oxygens (including phenoxy) is 1. The maximum atomic E-state index is 12.8. The molecule has 1 fully saturated rings. The molecule has 0 aliphatic carbocycles. The number of halogens is 1. The lowest BCUT2D eigenvalue weighted by molar-refractivity contribution is 0.0953. The molecule has 1 aliphatic heterocycles. The molecular formula is C16H13FO2. The van der Waals surface area contributed by atoms with Crippen LogP contribution >= 0.6 is 0 Å². The van der Waals surface area contributed by atoms with Crippen LogP contribution in [0.3, 0.4) is 0 Å². The second-order valence-corrected chi connectivity index (χ2v) is 4.71. The Morgan fingerprint density at radius 3 is 2.47 bits per heavy atom. The Hall–Kier alpha value is -2.00. The first-order chi connectivity index (χ1) is 9.16. The van der Waals surface area contributed by atoms with E-state index in [1.54, 1.807) is 18.2 Å². The SMILES string of the molecule is Cc1ccccc1C(=O)C1OC1c1ccc(F)cc1. The molecule has 0 radical (unpaired) electrons. The van der Waals surface area contributed by atoms with Gasteiger partial charge in [-0.25, -0.2) is 4.39 Å². The molecule has 1 aliphatic rings. The van der Waals surface area contributed by atoms with Gasteiger partial charge in [0, 0.05) is 5.56 Å². The monoisotopic (exact) mass is 256 g/mol. The lowest BCUT2D eigenvalue weighted by Crippen LogP contribution is -2.09. The lowest BCUT2D eigenvalue weighted by Gasteiger charge is -2.01. The fraction of sp³-hybridized carbons (Fsp3) is 0.188. The molecule has 0 amide bonds. The standard InChI is InChI=1S/C16H13FO2/c1-10-4-2-3-5-13(10)14(18)16-15(19-16)11-6-8-12(17)9-7-11/h2-9,15-16H,1H3. The summed E-state index contributed by atoms with van der Waals surface area (Å²) in [5.41, 5.74) is 2.48. The Morgan fingerprint density at radius 1 is 1.11 bits per heavy atom. The van der Waals surface area contributed by atoms with E-state index < -0.39 is 6.10 Å². The zero-order chi connectivity index (χ0) is 13.4. The largest absolute Gasteiger partial charge is 0.356 e. The Morgan fingerprint density at radius 2 is 1.79 bits per heavy atom. The number of aryl methyl sites for hydroxylation is 1. The third-order valence-electron chi connectivity index (χ3n) is 3.36. The van der Waals surface area contributed by atoms with Crippen LogP contribution in [0.15, 0.2) is 48.5 Å². The number of carbonyl (C=O) groups is 1. The average molecular weight is 256 g/mol. The maximum absolute atomic E-state index is 12.8. The van der Waals surface area contributed by atoms with E-state index in [0.29, 0.717) is 5.56 Å². The quantitative estimate of drug-likeness (QED) is 0.621. The van der Waals surface area contributed by atoms with Crippen molar-refractivity contribution in [3.05, 3.63) is 71.0 Å². The van der Waals surface area contributed by atoms with Crippen molar-refractivity contribution < 1.29 is 13.9 Å². The highest BCUT2D eigenvalue weighted by atomic mass is 19.1. The molecule has 3 rings (SSSR count). The molecule has 0 saturated carbocycles. The van der Waals surface area contributed by atoms with Crippen LogP contribution in [0.4, 0.5) is 4.39 Å². The van der Waals surface area contributed by atoms with Gasteiger partial charge < -0.3 is 4.74 Å². The second kappa shape index (κ2) is 4.59. The summed E-state index contributed by atoms with van der Waals surface area (Å²) in [7, 11) is 0. The van der Waals surface area contributed by atoms with Gasteiger partial charge in [0.2, 0.25) is 0 Å². The van der Waals surface area contributed by atoms with Crippen molar-refractivity contribution in [2.45, 2.75) is 19.1 Å². The second-order valence-electron chi connectivity index (χ2n) is 4.71. The summed E-state index contributed by atoms with van der Waals surface area (Å²) in [4.78, 5) is 12.3. The summed E-state index contributed by atoms with van der Waals surface area (Å²) < 4.78 is 18.3. The molecule has 1 saturated heterocycles. The van der Waals surface area contributed by atoms with Gasteiger partial charge in [0.05, 0.1) is 0 Å². The Labute approximate surface area is 110 Å². The number of benzene rings is 2. The van der Waals surface area contributed by atoms with Gasteiger partial charge in [0.15, 0.2) is 11.9 Å². The van der Waals surface area contributed by atoms with Gasteiger partial charge in [0.25, 0.3) is 0 Å². The third-order valence-corrected chi connectivity index (χ3v) is 3.36. The van der Waals surface area contributed by atoms with Gasteiger partial charge >= 0.3 is 0 Å². The minimum Gasteiger partial charge on any atom is -0.356 e. The first-order valence-corrected chi connectivity index (χ1v) is 6.17. The van der Waals surface area contributed by atoms with Crippen LogP contribution < -0.4 is 0 Å². The number of carbonyl (C=O) groups excluding carboxylic acids is 1. The highest BCUT2D eigenvalue weighted by Crippen LogP contribution is 2.40. The predicted octanol–water partition coefficient (Wildman–Crippen LogP) is 3.46. The van der Waals surface area contributed by atoms with E-state index in [1.807, 2.05) is 25.1 Å². The van der Waals surface area contributed by atoms with Crippen LogP contribution in [0.2, 0.25) is 0 Å². The molecular weight excluding hydrogens is 243 g/mol. The van der Waals surface area contributed by atoms with Gasteiger partial charge in [0.1, 0.15) is 11.9 Å². The zero-order valence-corrected chi connectivity index (χ0v) is 10.5. The van der Waals surface area contributed by atoms with E-state index in [9.17, 15) is 9.18 Å². The molecule has 19 heavy (non-hydrogen) atoms. The summed E-state index contributed by atoms with van der Waals surface area (Å²) >= 11 is 0. The number of hydrogen-bond acceptors (Lipinski definition) is 2. The van der Waals surface area contributed by atoms with E-state index in [4.69, 9.17) is 4.74 Å². The first-order valence-electron chi connectivity index (χ1n) is 6.17. The zero-order valence-electron chi connectivity index (χ0n) is 10.5. The minimum atomic E-state index is -0.438. The minimum absolute atomic E-state index is 0.00701. The van der Waals surface area contributed by atoms with Crippen LogP contribution in [0.25, 0.3) is 0 Å². The lowest BCUT2D eigenvalue weighted by atomic mass is 9.99. The highest BCUT2D eigenvalue weighted by molar-refractivity contribution is 6.02. The van der Waals surface area contributed by atoms with E-state index in [1.165, 1.54) is 12.1 Å². The summed E-state index contributed by atoms with van der Waals surface area (Å²) in [6.45, 7) is 1.91. The molecule has 0 N–H and O–H groups in total. The van der Waals surface area contributed by atoms with E-state index in [2.05, 4.69) is 0 Å². The van der Waals surface area contributed by atoms with Crippen LogP contribution in [0.1, 0.15) is 27.6 Å². The molecule has 3 heteroatoms. The predicted molar refractivity (Wildman–Crippen MR) is 69.5 cm³/mol. The Bertz CT molecular complexity index is 619. The van der Waals surface area contributed by atoms with Crippen molar-refractivity contribution in [1.82, 2.24) is 0 Å². The Balaban J connectivity index is 1.78. The number of ketones is 1. The molecule has 0 spiro atoms. The van der Waals surface area contributed by atoms with Crippen LogP contribution in [0, 0.1) is 12.7 Å². The average Bonchev–Trinajstić information content (AvgIpc) is 3.20. The fourth-order valence-corrected chi connectivity index (χ4v) is 2.22. The molecule has 2 atom stereocenters. The van der Waals surface area contributed by atoms with Crippen LogP contribution in [0.5, 0.6) is 0 Å². The summed E-state index contributed by atoms with van der Waals surface area (Å²) in [6, 6.07) is 13.5. The van der Waals surface area contributed by atoms with Crippen LogP contribution in [-0.4, -0.2) is 11.9 Å². The van der Waals surface area contributed by atoms with Gasteiger partial charge in [-0.1, -0.05) is 36.4 Å². The van der Waals surface area contributed by atoms with Crippen molar-refractivity contribution in [3.63, 3.8) is 0 Å². The normalized spacial score (nSPS) is 21.2. The number of rotatable bonds is 3. The van der Waals surface area contributed by atoms with Crippen molar-refractivity contribution in [1.29, 1.82) is 0 Å². The number of epoxide rings is 1. The number of Topliss-reactive ketones (excluding diaryl/α,β-unsaturated/α-hetero) is 1. The summed E-state index contributed by atoms with van der Waals surface area (Å²) in [5.74, 6) is -0.293. The van der Waals surface area contributed by atoms with Gasteiger partial charge in [-0.2, -0.15) is 0 Å². The molecule has 2 aromatic rings. The van der Waals surface area contributed by atoms with E-state index >= 15 is 0 Å². The third kappa shape index (κ3) is 2.29. The van der Waals surface area contributed by atoms with Crippen molar-refractivity contribution in [2.24, 2.45) is 0 Å². The summed E-state index contributed by atoms with van der Waals surface area (Å²) in [5, 5.41) is 0. The molecule has 2 unspecified atom stereocenters. The molecule has 96 valence electrons. The molecule has 0 aromatic heterocycles. The van der Waals surface area contributed by atoms with Gasteiger partial charge in [-0.3, -0.25) is 4.79 Å². The van der Waals surface area contributed by atoms with Gasteiger partial charge in [-0.15, -0.1) is 0 Å². The smallest absolute Gasteiger partial charge is 0.194 e. The molecule has 2 aromatic carbocycles. The van der Waals surface area contributed by atoms with E-state index in [-0.39, 0.29) is 17.7 Å². The van der Waals surface area contributed by atoms with Gasteiger partial charge in [-0.05, 0) is 30.2 Å². The molecule has 2 nitrogen and oxygen atoms in total.